The van der Waals surface area contributed by atoms with Crippen molar-refractivity contribution in [2.45, 2.75) is 37.9 Å². The van der Waals surface area contributed by atoms with Crippen molar-refractivity contribution < 1.29 is 22.7 Å². The number of nitrogens with one attached hydrogen (secondary N) is 2. The van der Waals surface area contributed by atoms with Gasteiger partial charge in [-0.25, -0.2) is 0 Å². The summed E-state index contributed by atoms with van der Waals surface area (Å²) in [6.45, 7) is 0.160. The van der Waals surface area contributed by atoms with Crippen molar-refractivity contribution in [3.8, 4) is 0 Å². The van der Waals surface area contributed by atoms with Gasteiger partial charge in [0.25, 0.3) is 0 Å². The third-order valence-corrected chi connectivity index (χ3v) is 2.65. The molecule has 0 aliphatic carbocycles. The molecule has 7 heteroatoms. The van der Waals surface area contributed by atoms with Crippen molar-refractivity contribution in [1.82, 2.24) is 10.6 Å². The summed E-state index contributed by atoms with van der Waals surface area (Å²) in [5.41, 5.74) is 0. The third kappa shape index (κ3) is 7.50. The van der Waals surface area contributed by atoms with Gasteiger partial charge in [0.2, 0.25) is 5.91 Å². The summed E-state index contributed by atoms with van der Waals surface area (Å²) in [4.78, 5) is 11.4. The lowest BCUT2D eigenvalue weighted by Crippen LogP contribution is -2.41. The van der Waals surface area contributed by atoms with Gasteiger partial charge < -0.3 is 15.4 Å². The van der Waals surface area contributed by atoms with Crippen LogP contribution in [0.5, 0.6) is 0 Å². The van der Waals surface area contributed by atoms with Crippen LogP contribution in [-0.4, -0.2) is 44.4 Å². The number of alkyl halides is 3. The van der Waals surface area contributed by atoms with E-state index in [9.17, 15) is 18.0 Å². The van der Waals surface area contributed by atoms with Crippen LogP contribution in [0.3, 0.4) is 0 Å². The molecule has 0 saturated carbocycles. The van der Waals surface area contributed by atoms with Crippen LogP contribution in [0.2, 0.25) is 0 Å². The molecule has 0 bridgehead atoms. The molecule has 1 amide bonds. The van der Waals surface area contributed by atoms with Crippen LogP contribution in [0, 0.1) is 0 Å². The van der Waals surface area contributed by atoms with Crippen LogP contribution < -0.4 is 10.6 Å². The summed E-state index contributed by atoms with van der Waals surface area (Å²) in [5, 5.41) is 5.99. The van der Waals surface area contributed by atoms with Crippen LogP contribution in [0.25, 0.3) is 0 Å². The van der Waals surface area contributed by atoms with Crippen molar-refractivity contribution in [3.05, 3.63) is 0 Å². The molecule has 0 spiro atoms. The summed E-state index contributed by atoms with van der Waals surface area (Å²) >= 11 is 0. The molecular weight excluding hydrogens is 249 g/mol. The topological polar surface area (TPSA) is 50.4 Å². The molecule has 4 nitrogen and oxygen atoms in total. The van der Waals surface area contributed by atoms with Crippen molar-refractivity contribution in [3.63, 3.8) is 0 Å². The Hall–Kier alpha value is -0.820. The average molecular weight is 268 g/mol. The average Bonchev–Trinajstić information content (AvgIpc) is 2.52. The van der Waals surface area contributed by atoms with Crippen molar-refractivity contribution in [2.24, 2.45) is 0 Å². The molecule has 0 aromatic rings. The van der Waals surface area contributed by atoms with E-state index in [0.29, 0.717) is 0 Å². The van der Waals surface area contributed by atoms with E-state index in [1.165, 1.54) is 0 Å². The predicted octanol–water partition coefficient (Wildman–Crippen LogP) is 1.21. The molecule has 1 atom stereocenters. The first kappa shape index (κ1) is 15.2. The molecule has 1 aliphatic rings. The van der Waals surface area contributed by atoms with E-state index in [2.05, 4.69) is 15.4 Å². The first-order valence-corrected chi connectivity index (χ1v) is 6.12. The maximum Gasteiger partial charge on any atom is 0.411 e. The van der Waals surface area contributed by atoms with Crippen LogP contribution in [0.1, 0.15) is 25.7 Å². The molecule has 1 aliphatic heterocycles. The quantitative estimate of drug-likeness (QED) is 0.737. The first-order chi connectivity index (χ1) is 8.47. The SMILES string of the molecule is O=C(CCOCC(F)(F)F)NC1CCCCNC1. The number of hydrogen-bond donors (Lipinski definition) is 2. The number of carbonyl (C=O) groups is 1. The van der Waals surface area contributed by atoms with Crippen LogP contribution in [-0.2, 0) is 9.53 Å². The van der Waals surface area contributed by atoms with Gasteiger partial charge in [-0.15, -0.1) is 0 Å². The number of halogens is 3. The van der Waals surface area contributed by atoms with Gasteiger partial charge >= 0.3 is 6.18 Å². The molecule has 2 N–H and O–H groups in total. The second-order valence-corrected chi connectivity index (χ2v) is 4.38. The number of rotatable bonds is 5. The van der Waals surface area contributed by atoms with Gasteiger partial charge in [-0.2, -0.15) is 13.2 Å². The van der Waals surface area contributed by atoms with E-state index < -0.39 is 12.8 Å². The molecule has 1 unspecified atom stereocenters. The number of ether oxygens (including phenoxy) is 1. The summed E-state index contributed by atoms with van der Waals surface area (Å²) < 4.78 is 39.7. The second kappa shape index (κ2) is 7.58. The highest BCUT2D eigenvalue weighted by molar-refractivity contribution is 5.76. The molecule has 1 fully saturated rings. The summed E-state index contributed by atoms with van der Waals surface area (Å²) in [6.07, 6.45) is -1.33. The molecule has 1 saturated heterocycles. The standard InChI is InChI=1S/C11H19F3N2O2/c12-11(13,14)8-18-6-4-10(17)16-9-3-1-2-5-15-7-9/h9,15H,1-8H2,(H,16,17). The zero-order valence-corrected chi connectivity index (χ0v) is 10.2. The van der Waals surface area contributed by atoms with Gasteiger partial charge in [-0.1, -0.05) is 6.42 Å². The minimum absolute atomic E-state index is 0.0351. The zero-order valence-electron chi connectivity index (χ0n) is 10.2. The number of carbonyl (C=O) groups excluding carboxylic acids is 1. The Morgan fingerprint density at radius 1 is 1.39 bits per heavy atom. The molecule has 0 aromatic carbocycles. The predicted molar refractivity (Wildman–Crippen MR) is 60.1 cm³/mol. The van der Waals surface area contributed by atoms with Crippen molar-refractivity contribution in [2.75, 3.05) is 26.3 Å². The lowest BCUT2D eigenvalue weighted by molar-refractivity contribution is -0.174. The largest absolute Gasteiger partial charge is 0.411 e. The maximum atomic E-state index is 11.8. The number of hydrogen-bond acceptors (Lipinski definition) is 3. The fraction of sp³-hybridized carbons (Fsp3) is 0.909. The Bertz CT molecular complexity index is 251. The molecule has 0 radical (unpaired) electrons. The highest BCUT2D eigenvalue weighted by atomic mass is 19.4. The van der Waals surface area contributed by atoms with Gasteiger partial charge in [-0.05, 0) is 19.4 Å². The van der Waals surface area contributed by atoms with E-state index in [-0.39, 0.29) is 25.0 Å². The van der Waals surface area contributed by atoms with Gasteiger partial charge in [0, 0.05) is 19.0 Å². The fourth-order valence-corrected chi connectivity index (χ4v) is 1.79. The van der Waals surface area contributed by atoms with Gasteiger partial charge in [0.1, 0.15) is 6.61 Å². The van der Waals surface area contributed by atoms with Gasteiger partial charge in [0.15, 0.2) is 0 Å². The van der Waals surface area contributed by atoms with Crippen LogP contribution in [0.15, 0.2) is 0 Å². The van der Waals surface area contributed by atoms with E-state index in [4.69, 9.17) is 0 Å². The highest BCUT2D eigenvalue weighted by Gasteiger charge is 2.27. The van der Waals surface area contributed by atoms with Gasteiger partial charge in [0.05, 0.1) is 6.61 Å². The highest BCUT2D eigenvalue weighted by Crippen LogP contribution is 2.14. The first-order valence-electron chi connectivity index (χ1n) is 6.12. The molecule has 106 valence electrons. The molecule has 1 heterocycles. The molecular formula is C11H19F3N2O2. The third-order valence-electron chi connectivity index (χ3n) is 2.65. The lowest BCUT2D eigenvalue weighted by atomic mass is 10.1. The Labute approximate surface area is 104 Å². The van der Waals surface area contributed by atoms with E-state index in [1.54, 1.807) is 0 Å². The Kier molecular flexibility index (Phi) is 6.42. The van der Waals surface area contributed by atoms with Crippen molar-refractivity contribution >= 4 is 5.91 Å². The monoisotopic (exact) mass is 268 g/mol. The molecule has 1 rings (SSSR count). The fourth-order valence-electron chi connectivity index (χ4n) is 1.79. The maximum absolute atomic E-state index is 11.8. The summed E-state index contributed by atoms with van der Waals surface area (Å²) in [6, 6.07) is 0.0719. The van der Waals surface area contributed by atoms with E-state index in [1.807, 2.05) is 0 Å². The minimum atomic E-state index is -4.33. The lowest BCUT2D eigenvalue weighted by Gasteiger charge is -2.16. The summed E-state index contributed by atoms with van der Waals surface area (Å²) in [5.74, 6) is -0.258. The van der Waals surface area contributed by atoms with Crippen LogP contribution >= 0.6 is 0 Å². The normalized spacial score (nSPS) is 21.4. The smallest absolute Gasteiger partial charge is 0.372 e. The van der Waals surface area contributed by atoms with E-state index >= 15 is 0 Å². The molecule has 18 heavy (non-hydrogen) atoms. The Morgan fingerprint density at radius 2 is 2.17 bits per heavy atom. The summed E-state index contributed by atoms with van der Waals surface area (Å²) in [7, 11) is 0. The second-order valence-electron chi connectivity index (χ2n) is 4.38. The van der Waals surface area contributed by atoms with Gasteiger partial charge in [-0.3, -0.25) is 4.79 Å². The zero-order chi connectivity index (χ0) is 13.4. The Morgan fingerprint density at radius 3 is 2.89 bits per heavy atom. The molecule has 0 aromatic heterocycles. The number of amides is 1. The minimum Gasteiger partial charge on any atom is -0.372 e. The van der Waals surface area contributed by atoms with Crippen LogP contribution in [0.4, 0.5) is 13.2 Å². The Balaban J connectivity index is 2.09. The van der Waals surface area contributed by atoms with E-state index in [0.717, 1.165) is 32.4 Å². The van der Waals surface area contributed by atoms with Crippen molar-refractivity contribution in [1.29, 1.82) is 0 Å².